The Balaban J connectivity index is 0.00000242. The molecule has 0 bridgehead atoms. The van der Waals surface area contributed by atoms with Crippen molar-refractivity contribution in [3.05, 3.63) is 33.8 Å². The van der Waals surface area contributed by atoms with Crippen molar-refractivity contribution in [3.63, 3.8) is 0 Å². The lowest BCUT2D eigenvalue weighted by atomic mass is 10.0. The van der Waals surface area contributed by atoms with Gasteiger partial charge in [-0.15, -0.1) is 24.8 Å². The molecule has 0 spiro atoms. The summed E-state index contributed by atoms with van der Waals surface area (Å²) in [5, 5.41) is 3.03. The van der Waals surface area contributed by atoms with Crippen molar-refractivity contribution in [1.29, 1.82) is 0 Å². The molecule has 0 aliphatic carbocycles. The maximum Gasteiger partial charge on any atom is 0.416 e. The molecule has 134 valence electrons. The lowest BCUT2D eigenvalue weighted by molar-refractivity contribution is -0.137. The molecule has 0 aromatic heterocycles. The fraction of sp³-hybridized carbons (Fsp3) is 0.538. The maximum absolute atomic E-state index is 13.4. The fourth-order valence-corrected chi connectivity index (χ4v) is 2.93. The van der Waals surface area contributed by atoms with Gasteiger partial charge >= 0.3 is 6.18 Å². The minimum Gasteiger partial charge on any atom is -0.314 e. The van der Waals surface area contributed by atoms with E-state index in [0.29, 0.717) is 26.2 Å². The summed E-state index contributed by atoms with van der Waals surface area (Å²) in [5.74, 6) is 0. The van der Waals surface area contributed by atoms with Crippen LogP contribution in [0.15, 0.2) is 22.7 Å². The number of piperazine rings is 1. The topological polar surface area (TPSA) is 15.3 Å². The Hall–Kier alpha value is -0.150. The second-order valence-corrected chi connectivity index (χ2v) is 5.75. The van der Waals surface area contributed by atoms with E-state index in [1.807, 2.05) is 0 Å². The first-order chi connectivity index (χ1) is 9.79. The number of hydrogen-bond donors (Lipinski definition) is 1. The number of alkyl halides is 5. The van der Waals surface area contributed by atoms with E-state index in [9.17, 15) is 22.0 Å². The van der Waals surface area contributed by atoms with Crippen molar-refractivity contribution in [3.8, 4) is 0 Å². The van der Waals surface area contributed by atoms with Crippen LogP contribution in [0.3, 0.4) is 0 Å². The van der Waals surface area contributed by atoms with Crippen LogP contribution in [0.4, 0.5) is 22.0 Å². The van der Waals surface area contributed by atoms with Gasteiger partial charge in [-0.1, -0.05) is 15.9 Å². The molecule has 1 saturated heterocycles. The average molecular weight is 446 g/mol. The number of hydrogen-bond acceptors (Lipinski definition) is 2. The zero-order chi connectivity index (χ0) is 15.6. The highest BCUT2D eigenvalue weighted by atomic mass is 79.9. The molecule has 10 heteroatoms. The fourth-order valence-electron chi connectivity index (χ4n) is 2.42. The second kappa shape index (κ2) is 9.36. The number of nitrogens with one attached hydrogen (secondary N) is 1. The molecule has 2 rings (SSSR count). The van der Waals surface area contributed by atoms with Crippen molar-refractivity contribution < 1.29 is 22.0 Å². The van der Waals surface area contributed by atoms with Gasteiger partial charge in [0.05, 0.1) is 11.6 Å². The van der Waals surface area contributed by atoms with Gasteiger partial charge in [-0.25, -0.2) is 8.78 Å². The summed E-state index contributed by atoms with van der Waals surface area (Å²) in [7, 11) is 0. The van der Waals surface area contributed by atoms with Gasteiger partial charge in [0.1, 0.15) is 0 Å². The molecule has 1 aromatic rings. The summed E-state index contributed by atoms with van der Waals surface area (Å²) in [4.78, 5) is 1.52. The molecule has 1 fully saturated rings. The molecule has 1 atom stereocenters. The van der Waals surface area contributed by atoms with Crippen molar-refractivity contribution in [2.24, 2.45) is 0 Å². The van der Waals surface area contributed by atoms with Crippen LogP contribution < -0.4 is 5.32 Å². The smallest absolute Gasteiger partial charge is 0.314 e. The van der Waals surface area contributed by atoms with Crippen molar-refractivity contribution in [2.75, 3.05) is 26.2 Å². The molecule has 0 saturated carbocycles. The van der Waals surface area contributed by atoms with E-state index in [4.69, 9.17) is 0 Å². The van der Waals surface area contributed by atoms with Crippen molar-refractivity contribution in [2.45, 2.75) is 18.6 Å². The zero-order valence-corrected chi connectivity index (χ0v) is 15.0. The summed E-state index contributed by atoms with van der Waals surface area (Å²) in [6, 6.07) is 1.70. The molecule has 0 unspecified atom stereocenters. The summed E-state index contributed by atoms with van der Waals surface area (Å²) < 4.78 is 65.4. The van der Waals surface area contributed by atoms with Crippen LogP contribution in [-0.2, 0) is 6.18 Å². The summed E-state index contributed by atoms with van der Waals surface area (Å²) in [5.41, 5.74) is -0.943. The van der Waals surface area contributed by atoms with Crippen LogP contribution in [0.25, 0.3) is 0 Å². The molecule has 1 aliphatic heterocycles. The quantitative estimate of drug-likeness (QED) is 0.688. The van der Waals surface area contributed by atoms with Gasteiger partial charge in [-0.3, -0.25) is 4.90 Å². The molecule has 1 heterocycles. The first-order valence-corrected chi connectivity index (χ1v) is 7.19. The minimum absolute atomic E-state index is 0. The molecule has 0 amide bonds. The molecule has 1 aromatic carbocycles. The van der Waals surface area contributed by atoms with E-state index in [2.05, 4.69) is 21.2 Å². The van der Waals surface area contributed by atoms with Crippen molar-refractivity contribution in [1.82, 2.24) is 10.2 Å². The number of benzene rings is 1. The summed E-state index contributed by atoms with van der Waals surface area (Å²) in [6.07, 6.45) is -7.31. The predicted octanol–water partition coefficient (Wildman–Crippen LogP) is 4.52. The first-order valence-electron chi connectivity index (χ1n) is 6.39. The molecule has 23 heavy (non-hydrogen) atoms. The van der Waals surface area contributed by atoms with Gasteiger partial charge in [0, 0.05) is 30.7 Å². The van der Waals surface area contributed by atoms with E-state index < -0.39 is 24.2 Å². The minimum atomic E-state index is -4.56. The second-order valence-electron chi connectivity index (χ2n) is 4.84. The Bertz CT molecular complexity index is 496. The van der Waals surface area contributed by atoms with Crippen molar-refractivity contribution >= 4 is 40.7 Å². The van der Waals surface area contributed by atoms with E-state index in [-0.39, 0.29) is 34.9 Å². The molecular weight excluding hydrogens is 430 g/mol. The van der Waals surface area contributed by atoms with Gasteiger partial charge in [-0.2, -0.15) is 13.2 Å². The number of rotatable bonds is 3. The van der Waals surface area contributed by atoms with Gasteiger partial charge < -0.3 is 5.32 Å². The Kier molecular flexibility index (Phi) is 9.30. The third-order valence-corrected chi connectivity index (χ3v) is 3.83. The normalized spacial score (nSPS) is 17.3. The Labute approximate surface area is 151 Å². The van der Waals surface area contributed by atoms with E-state index >= 15 is 0 Å². The van der Waals surface area contributed by atoms with E-state index in [0.717, 1.165) is 12.1 Å². The standard InChI is InChI=1S/C13H14BrF5N2.2ClH/c14-10-6-8(5-9(7-10)13(17,18)19)11(12(15)16)21-3-1-20-2-4-21;;/h5-7,11-12,20H,1-4H2;2*1H/t11-;;/m0../s1. The predicted molar refractivity (Wildman–Crippen MR) is 86.8 cm³/mol. The highest BCUT2D eigenvalue weighted by molar-refractivity contribution is 9.10. The van der Waals surface area contributed by atoms with Crippen LogP contribution in [0.2, 0.25) is 0 Å². The highest BCUT2D eigenvalue weighted by Crippen LogP contribution is 2.36. The van der Waals surface area contributed by atoms with Crippen LogP contribution in [0.1, 0.15) is 17.2 Å². The average Bonchev–Trinajstić information content (AvgIpc) is 2.38. The first kappa shape index (κ1) is 22.9. The van der Waals surface area contributed by atoms with Gasteiger partial charge in [-0.05, 0) is 23.8 Å². The van der Waals surface area contributed by atoms with Crippen LogP contribution in [-0.4, -0.2) is 37.5 Å². The summed E-state index contributed by atoms with van der Waals surface area (Å²) >= 11 is 2.97. The third kappa shape index (κ3) is 6.01. The molecule has 1 N–H and O–H groups in total. The monoisotopic (exact) mass is 444 g/mol. The Morgan fingerprint density at radius 1 is 1.04 bits per heavy atom. The molecule has 0 radical (unpaired) electrons. The molecule has 1 aliphatic rings. The van der Waals surface area contributed by atoms with Crippen LogP contribution >= 0.6 is 40.7 Å². The maximum atomic E-state index is 13.4. The molecule has 2 nitrogen and oxygen atoms in total. The van der Waals surface area contributed by atoms with Gasteiger partial charge in [0.2, 0.25) is 0 Å². The van der Waals surface area contributed by atoms with E-state index in [1.54, 1.807) is 0 Å². The Morgan fingerprint density at radius 2 is 1.61 bits per heavy atom. The van der Waals surface area contributed by atoms with Gasteiger partial charge in [0.25, 0.3) is 6.43 Å². The summed E-state index contributed by atoms with van der Waals surface area (Å²) in [6.45, 7) is 1.85. The third-order valence-electron chi connectivity index (χ3n) is 3.37. The van der Waals surface area contributed by atoms with Crippen LogP contribution in [0.5, 0.6) is 0 Å². The van der Waals surface area contributed by atoms with Crippen LogP contribution in [0, 0.1) is 0 Å². The van der Waals surface area contributed by atoms with E-state index in [1.165, 1.54) is 11.0 Å². The zero-order valence-electron chi connectivity index (χ0n) is 11.7. The number of halogens is 8. The Morgan fingerprint density at radius 3 is 2.09 bits per heavy atom. The largest absolute Gasteiger partial charge is 0.416 e. The molecular formula is C13H16BrCl2F5N2. The van der Waals surface area contributed by atoms with Gasteiger partial charge in [0.15, 0.2) is 0 Å². The SMILES string of the molecule is Cl.Cl.FC(F)[C@H](c1cc(Br)cc(C(F)(F)F)c1)N1CCNCC1. The number of nitrogens with zero attached hydrogens (tertiary/aromatic N) is 1. The highest BCUT2D eigenvalue weighted by Gasteiger charge is 2.35. The lowest BCUT2D eigenvalue weighted by Crippen LogP contribution is -2.47. The lowest BCUT2D eigenvalue weighted by Gasteiger charge is -2.35.